The molecule has 1 unspecified atom stereocenters. The molecule has 6 aromatic rings. The highest BCUT2D eigenvalue weighted by Gasteiger charge is 2.41. The zero-order chi connectivity index (χ0) is 53.6. The van der Waals surface area contributed by atoms with Crippen molar-refractivity contribution in [3.63, 3.8) is 0 Å². The number of para-hydroxylation sites is 1. The van der Waals surface area contributed by atoms with Gasteiger partial charge in [0.05, 0.1) is 76.2 Å². The first-order chi connectivity index (χ1) is 37.5. The Labute approximate surface area is 446 Å². The molecule has 0 spiro atoms. The maximum absolute atomic E-state index is 14.4. The number of likely N-dealkylation sites (N-methyl/N-ethyl adjacent to an activating group) is 1. The van der Waals surface area contributed by atoms with Crippen molar-refractivity contribution in [1.82, 2.24) is 4.73 Å². The standard InChI is InChI=1S/C59H63N5O13/c1-61-34-43-28-40-11-6-8-13-48(40)63(43)59(69)46-30-51(72-4)53(32-49(46)61)76-36-38-24-37(35-75-52-31-47-45(29-50(52)71-3)58(68)57-41(33-60-47)27-39-10-5-7-12-44(39)57)25-42(26-38)62(18-19-73-22-23-74-21-20-70-2)17-9-14-56(67)77-64-54(65)15-16-55(64)66/h5-8,10-13,15-16,24-26,29-33,41,43,57,65-66H,9,14,17-23,27-28,34-36H2,1-4H3/t41-,43-,57?/m0/s1. The molecule has 10 rings (SSSR count). The third-order valence-corrected chi connectivity index (χ3v) is 14.5. The van der Waals surface area contributed by atoms with Gasteiger partial charge in [-0.15, -0.1) is 4.73 Å². The molecule has 18 nitrogen and oxygen atoms in total. The van der Waals surface area contributed by atoms with E-state index in [1.54, 1.807) is 39.5 Å². The first-order valence-corrected chi connectivity index (χ1v) is 25.8. The number of ether oxygens (including phenoxy) is 7. The lowest BCUT2D eigenvalue weighted by molar-refractivity contribution is -0.145. The molecule has 4 aliphatic rings. The number of methoxy groups -OCH3 is 3. The van der Waals surface area contributed by atoms with Gasteiger partial charge in [0.1, 0.15) is 13.2 Å². The van der Waals surface area contributed by atoms with Gasteiger partial charge in [0.15, 0.2) is 28.8 Å². The second kappa shape index (κ2) is 23.5. The quantitative estimate of drug-likeness (QED) is 0.0589. The molecule has 0 fully saturated rings. The van der Waals surface area contributed by atoms with Crippen molar-refractivity contribution in [3.8, 4) is 34.8 Å². The fraction of sp³-hybridized carbons (Fsp3) is 0.356. The van der Waals surface area contributed by atoms with Crippen molar-refractivity contribution < 1.29 is 62.6 Å². The lowest BCUT2D eigenvalue weighted by atomic mass is 9.86. The van der Waals surface area contributed by atoms with E-state index in [-0.39, 0.29) is 49.2 Å². The number of hydrogen-bond acceptors (Lipinski definition) is 16. The summed E-state index contributed by atoms with van der Waals surface area (Å²) in [5, 5.41) is 20.2. The van der Waals surface area contributed by atoms with Gasteiger partial charge in [0.25, 0.3) is 5.91 Å². The second-order valence-corrected chi connectivity index (χ2v) is 19.5. The Hall–Kier alpha value is -8.06. The summed E-state index contributed by atoms with van der Waals surface area (Å²) in [7, 11) is 6.70. The smallest absolute Gasteiger partial charge is 0.333 e. The fourth-order valence-corrected chi connectivity index (χ4v) is 10.8. The normalized spacial score (nSPS) is 16.9. The maximum atomic E-state index is 14.4. The first kappa shape index (κ1) is 52.4. The minimum absolute atomic E-state index is 0.0120. The highest BCUT2D eigenvalue weighted by molar-refractivity contribution is 6.12. The van der Waals surface area contributed by atoms with E-state index in [4.69, 9.17) is 43.0 Å². The number of nitrogens with zero attached hydrogens (tertiary/aromatic N) is 5. The van der Waals surface area contributed by atoms with Crippen LogP contribution < -0.4 is 38.5 Å². The zero-order valence-electron chi connectivity index (χ0n) is 43.6. The molecule has 1 aromatic heterocycles. The van der Waals surface area contributed by atoms with E-state index < -0.39 is 17.7 Å². The molecule has 1 amide bonds. The Morgan fingerprint density at radius 1 is 0.701 bits per heavy atom. The summed E-state index contributed by atoms with van der Waals surface area (Å²) in [4.78, 5) is 57.9. The van der Waals surface area contributed by atoms with Gasteiger partial charge in [0.2, 0.25) is 11.8 Å². The van der Waals surface area contributed by atoms with Crippen LogP contribution in [0.5, 0.6) is 34.8 Å². The fourth-order valence-electron chi connectivity index (χ4n) is 10.8. The van der Waals surface area contributed by atoms with Gasteiger partial charge in [-0.05, 0) is 83.5 Å². The monoisotopic (exact) mass is 1050 g/mol. The van der Waals surface area contributed by atoms with E-state index in [1.165, 1.54) is 12.1 Å². The summed E-state index contributed by atoms with van der Waals surface area (Å²) < 4.78 is 42.4. The van der Waals surface area contributed by atoms with Gasteiger partial charge in [-0.1, -0.05) is 42.5 Å². The highest BCUT2D eigenvalue weighted by Crippen LogP contribution is 2.46. The van der Waals surface area contributed by atoms with Crippen molar-refractivity contribution in [2.45, 2.75) is 50.9 Å². The Balaban J connectivity index is 0.937. The predicted octanol–water partition coefficient (Wildman–Crippen LogP) is 7.87. The molecule has 0 bridgehead atoms. The van der Waals surface area contributed by atoms with E-state index in [1.807, 2.05) is 78.8 Å². The van der Waals surface area contributed by atoms with E-state index in [0.717, 1.165) is 57.7 Å². The third kappa shape index (κ3) is 11.3. The molecule has 2 N–H and O–H groups in total. The molecule has 77 heavy (non-hydrogen) atoms. The minimum Gasteiger partial charge on any atom is -0.493 e. The largest absolute Gasteiger partial charge is 0.493 e. The minimum atomic E-state index is -0.659. The molecular weight excluding hydrogens is 987 g/mol. The number of rotatable bonds is 23. The van der Waals surface area contributed by atoms with Crippen LogP contribution in [0, 0.1) is 5.92 Å². The van der Waals surface area contributed by atoms with Gasteiger partial charge in [-0.3, -0.25) is 14.6 Å². The van der Waals surface area contributed by atoms with Crippen LogP contribution in [0.3, 0.4) is 0 Å². The van der Waals surface area contributed by atoms with Gasteiger partial charge in [-0.25, -0.2) is 4.79 Å². The van der Waals surface area contributed by atoms with E-state index in [2.05, 4.69) is 21.9 Å². The van der Waals surface area contributed by atoms with Crippen molar-refractivity contribution >= 4 is 46.6 Å². The van der Waals surface area contributed by atoms with Crippen LogP contribution in [0.2, 0.25) is 0 Å². The SMILES string of the molecule is COCCOCCOCCN(CCCC(=O)On1c(O)ccc1O)c1cc(COc2cc3c(cc2OC)C(=O)C2c4ccccc4C[C@H]2C=N3)cc(COc2cc3c(cc2OC)C(=O)N2c4ccccc4C[C@H]2CN3C)c1. The van der Waals surface area contributed by atoms with E-state index in [9.17, 15) is 24.6 Å². The average Bonchev–Trinajstić information content (AvgIpc) is 4.18. The van der Waals surface area contributed by atoms with Gasteiger partial charge < -0.3 is 62.9 Å². The molecule has 0 radical (unpaired) electrons. The number of fused-ring (bicyclic) bond motifs is 8. The van der Waals surface area contributed by atoms with Crippen molar-refractivity contribution in [3.05, 3.63) is 142 Å². The number of aromatic hydroxyl groups is 2. The predicted molar refractivity (Wildman–Crippen MR) is 288 cm³/mol. The Morgan fingerprint density at radius 2 is 1.36 bits per heavy atom. The number of aromatic nitrogens is 1. The zero-order valence-corrected chi connectivity index (χ0v) is 43.6. The topological polar surface area (TPSA) is 193 Å². The molecule has 4 heterocycles. The molecule has 0 saturated heterocycles. The molecule has 3 aliphatic heterocycles. The van der Waals surface area contributed by atoms with Crippen molar-refractivity contribution in [1.29, 1.82) is 0 Å². The van der Waals surface area contributed by atoms with Crippen molar-refractivity contribution in [2.24, 2.45) is 10.9 Å². The molecule has 5 aromatic carbocycles. The van der Waals surface area contributed by atoms with Crippen LogP contribution in [0.25, 0.3) is 0 Å². The molecule has 18 heteroatoms. The number of carbonyl (C=O) groups is 3. The molecular formula is C59H63N5O13. The number of anilines is 3. The average molecular weight is 1050 g/mol. The molecule has 3 atom stereocenters. The van der Waals surface area contributed by atoms with Crippen LogP contribution in [-0.4, -0.2) is 126 Å². The van der Waals surface area contributed by atoms with Crippen LogP contribution in [-0.2, 0) is 45.1 Å². The Morgan fingerprint density at radius 3 is 2.09 bits per heavy atom. The van der Waals surface area contributed by atoms with E-state index in [0.29, 0.717) is 104 Å². The summed E-state index contributed by atoms with van der Waals surface area (Å²) in [6.45, 7) is 3.52. The van der Waals surface area contributed by atoms with Crippen LogP contribution >= 0.6 is 0 Å². The Kier molecular flexibility index (Phi) is 16.0. The first-order valence-electron chi connectivity index (χ1n) is 25.8. The van der Waals surface area contributed by atoms with Gasteiger partial charge >= 0.3 is 5.97 Å². The van der Waals surface area contributed by atoms with Crippen LogP contribution in [0.4, 0.5) is 22.7 Å². The van der Waals surface area contributed by atoms with Crippen LogP contribution in [0.1, 0.15) is 67.3 Å². The molecule has 402 valence electrons. The maximum Gasteiger partial charge on any atom is 0.333 e. The lowest BCUT2D eigenvalue weighted by Crippen LogP contribution is -2.41. The highest BCUT2D eigenvalue weighted by atomic mass is 16.7. The third-order valence-electron chi connectivity index (χ3n) is 14.5. The number of hydrogen-bond donors (Lipinski definition) is 2. The summed E-state index contributed by atoms with van der Waals surface area (Å²) in [6.07, 6.45) is 3.66. The Bertz CT molecular complexity index is 3150. The lowest BCUT2D eigenvalue weighted by Gasteiger charge is -2.26. The number of amides is 1. The number of ketones is 1. The number of benzene rings is 5. The summed E-state index contributed by atoms with van der Waals surface area (Å²) in [5.74, 6) is -0.359. The van der Waals surface area contributed by atoms with E-state index >= 15 is 0 Å². The number of carbonyl (C=O) groups excluding carboxylic acids is 3. The summed E-state index contributed by atoms with van der Waals surface area (Å²) in [5.41, 5.74) is 8.77. The van der Waals surface area contributed by atoms with Crippen molar-refractivity contribution in [2.75, 3.05) is 95.7 Å². The van der Waals surface area contributed by atoms with Gasteiger partial charge in [-0.2, -0.15) is 0 Å². The molecule has 1 aliphatic carbocycles. The van der Waals surface area contributed by atoms with Gasteiger partial charge in [0, 0.05) is 93.5 Å². The van der Waals surface area contributed by atoms with Crippen LogP contribution in [0.15, 0.2) is 108 Å². The number of Topliss-reactive ketones (excluding diaryl/α,β-unsaturated/α-hetero) is 1. The number of aliphatic imine (C=N–C) groups is 1. The summed E-state index contributed by atoms with van der Waals surface area (Å²) in [6, 6.07) is 31.6. The second-order valence-electron chi connectivity index (χ2n) is 19.5. The summed E-state index contributed by atoms with van der Waals surface area (Å²) >= 11 is 0. The molecule has 0 saturated carbocycles.